The van der Waals surface area contributed by atoms with Crippen LogP contribution < -0.4 is 0 Å². The van der Waals surface area contributed by atoms with E-state index in [1.54, 1.807) is 12.1 Å². The second kappa shape index (κ2) is 10.9. The first kappa shape index (κ1) is 17.3. The highest BCUT2D eigenvalue weighted by atomic mass is 16.3. The van der Waals surface area contributed by atoms with Crippen LogP contribution in [0.15, 0.2) is 186 Å². The van der Waals surface area contributed by atoms with E-state index in [0.29, 0.717) is 27.5 Å². The summed E-state index contributed by atoms with van der Waals surface area (Å²) in [6.07, 6.45) is 0. The fourth-order valence-electron chi connectivity index (χ4n) is 7.72. The van der Waals surface area contributed by atoms with E-state index in [1.807, 2.05) is 78.9 Å². The van der Waals surface area contributed by atoms with Gasteiger partial charge in [-0.05, 0) is 99.4 Å². The van der Waals surface area contributed by atoms with Crippen LogP contribution in [0.5, 0.6) is 0 Å². The van der Waals surface area contributed by atoms with E-state index in [9.17, 15) is 6.85 Å². The first-order chi connectivity index (χ1) is 31.6. The quantitative estimate of drug-likeness (QED) is 0.172. The van der Waals surface area contributed by atoms with Gasteiger partial charge >= 0.3 is 0 Å². The Hall–Kier alpha value is -6.70. The zero-order valence-corrected chi connectivity index (χ0v) is 26.6. The van der Waals surface area contributed by atoms with Crippen LogP contribution in [-0.4, -0.2) is 0 Å². The molecule has 0 radical (unpaired) electrons. The number of furan rings is 1. The minimum Gasteiger partial charge on any atom is -0.456 e. The first-order valence-corrected chi connectivity index (χ1v) is 16.4. The maximum atomic E-state index is 9.57. The Morgan fingerprint density at radius 1 is 0.314 bits per heavy atom. The van der Waals surface area contributed by atoms with Crippen LogP contribution in [-0.2, 0) is 0 Å². The topological polar surface area (TPSA) is 13.1 Å². The molecule has 1 aromatic heterocycles. The van der Waals surface area contributed by atoms with Crippen molar-refractivity contribution in [2.75, 3.05) is 0 Å². The molecule has 1 nitrogen and oxygen atoms in total. The normalized spacial score (nSPS) is 16.0. The molecule has 0 atom stereocenters. The van der Waals surface area contributed by atoms with Gasteiger partial charge in [-0.3, -0.25) is 0 Å². The molecule has 236 valence electrons. The van der Waals surface area contributed by atoms with E-state index in [-0.39, 0.29) is 32.7 Å². The van der Waals surface area contributed by atoms with Crippen LogP contribution in [0, 0.1) is 0 Å². The van der Waals surface area contributed by atoms with Gasteiger partial charge in [-0.15, -0.1) is 0 Å². The fraction of sp³-hybridized carbons (Fsp3) is 0. The van der Waals surface area contributed by atoms with Crippen molar-refractivity contribution in [3.8, 4) is 33.4 Å². The molecule has 0 unspecified atom stereocenters. The van der Waals surface area contributed by atoms with Gasteiger partial charge in [0.25, 0.3) is 0 Å². The second-order valence-corrected chi connectivity index (χ2v) is 12.4. The van der Waals surface area contributed by atoms with Gasteiger partial charge in [0.2, 0.25) is 0 Å². The number of rotatable bonds is 3. The van der Waals surface area contributed by atoms with Crippen molar-refractivity contribution in [2.24, 2.45) is 0 Å². The van der Waals surface area contributed by atoms with Crippen LogP contribution in [0.3, 0.4) is 0 Å². The van der Waals surface area contributed by atoms with Gasteiger partial charge < -0.3 is 4.42 Å². The van der Waals surface area contributed by atoms with E-state index in [1.165, 1.54) is 0 Å². The van der Waals surface area contributed by atoms with Crippen molar-refractivity contribution in [3.63, 3.8) is 0 Å². The zero-order chi connectivity index (χ0) is 46.5. The van der Waals surface area contributed by atoms with Crippen LogP contribution in [0.1, 0.15) is 20.6 Å². The summed E-state index contributed by atoms with van der Waals surface area (Å²) in [4.78, 5) is 0. The van der Waals surface area contributed by atoms with E-state index in [2.05, 4.69) is 0 Å². The van der Waals surface area contributed by atoms with Gasteiger partial charge in [0.15, 0.2) is 0 Å². The van der Waals surface area contributed by atoms with Crippen LogP contribution in [0.25, 0.3) is 109 Å². The lowest BCUT2D eigenvalue weighted by Gasteiger charge is -2.20. The maximum absolute atomic E-state index is 9.57. The van der Waals surface area contributed by atoms with Crippen molar-refractivity contribution < 1.29 is 25.0 Å². The molecule has 51 heavy (non-hydrogen) atoms. The summed E-state index contributed by atoms with van der Waals surface area (Å²) in [5.74, 6) is 0. The Labute approximate surface area is 315 Å². The summed E-state index contributed by atoms with van der Waals surface area (Å²) in [5, 5.41) is 3.26. The number of benzene rings is 10. The predicted octanol–water partition coefficient (Wildman–Crippen LogP) is 14.4. The molecule has 1 heteroatoms. The molecular weight excluding hydrogens is 617 g/mol. The summed E-state index contributed by atoms with van der Waals surface area (Å²) in [6, 6.07) is 18.5. The molecule has 0 N–H and O–H groups in total. The summed E-state index contributed by atoms with van der Waals surface area (Å²) < 4.78 is 142. The Bertz CT molecular complexity index is 3970. The van der Waals surface area contributed by atoms with Crippen LogP contribution in [0.4, 0.5) is 0 Å². The second-order valence-electron chi connectivity index (χ2n) is 12.4. The van der Waals surface area contributed by atoms with Crippen molar-refractivity contribution in [1.29, 1.82) is 0 Å². The maximum Gasteiger partial charge on any atom is 0.136 e. The van der Waals surface area contributed by atoms with Crippen molar-refractivity contribution in [2.45, 2.75) is 0 Å². The molecule has 0 saturated heterocycles. The van der Waals surface area contributed by atoms with Gasteiger partial charge in [-0.1, -0.05) is 169 Å². The summed E-state index contributed by atoms with van der Waals surface area (Å²) in [5.41, 5.74) is 2.56. The highest BCUT2D eigenvalue weighted by Crippen LogP contribution is 2.48. The Kier molecular flexibility index (Phi) is 3.70. The average molecular weight is 662 g/mol. The van der Waals surface area contributed by atoms with Gasteiger partial charge in [-0.2, -0.15) is 0 Å². The number of hydrogen-bond acceptors (Lipinski definition) is 1. The summed E-state index contributed by atoms with van der Waals surface area (Å²) >= 11 is 0. The highest BCUT2D eigenvalue weighted by Gasteiger charge is 2.21. The smallest absolute Gasteiger partial charge is 0.136 e. The van der Waals surface area contributed by atoms with Crippen molar-refractivity contribution >= 4 is 75.8 Å². The third-order valence-corrected chi connectivity index (χ3v) is 9.81. The molecule has 0 spiro atoms. The minimum absolute atomic E-state index is 0.0319. The lowest BCUT2D eigenvalue weighted by Crippen LogP contribution is -1.92. The Morgan fingerprint density at radius 2 is 0.863 bits per heavy atom. The molecule has 0 fully saturated rings. The predicted molar refractivity (Wildman–Crippen MR) is 218 cm³/mol. The highest BCUT2D eigenvalue weighted by molar-refractivity contribution is 6.27. The molecule has 0 bridgehead atoms. The number of hydrogen-bond donors (Lipinski definition) is 0. The van der Waals surface area contributed by atoms with Crippen molar-refractivity contribution in [3.05, 3.63) is 182 Å². The van der Waals surface area contributed by atoms with E-state index >= 15 is 0 Å². The van der Waals surface area contributed by atoms with Gasteiger partial charge in [0.1, 0.15) is 11.2 Å². The van der Waals surface area contributed by atoms with Crippen molar-refractivity contribution in [1.82, 2.24) is 0 Å². The Balaban J connectivity index is 1.36. The first-order valence-electron chi connectivity index (χ1n) is 23.9. The zero-order valence-electron chi connectivity index (χ0n) is 41.6. The summed E-state index contributed by atoms with van der Waals surface area (Å²) in [7, 11) is 0. The fourth-order valence-corrected chi connectivity index (χ4v) is 7.72. The largest absolute Gasteiger partial charge is 0.456 e. The van der Waals surface area contributed by atoms with Gasteiger partial charge in [0, 0.05) is 10.8 Å². The lowest BCUT2D eigenvalue weighted by molar-refractivity contribution is 0.669. The molecule has 0 aliphatic carbocycles. The van der Waals surface area contributed by atoms with E-state index in [4.69, 9.17) is 18.1 Å². The number of fused-ring (bicyclic) bond motifs is 9. The average Bonchev–Trinajstić information content (AvgIpc) is 3.72. The molecule has 0 saturated carbocycles. The summed E-state index contributed by atoms with van der Waals surface area (Å²) in [6.45, 7) is 0. The minimum atomic E-state index is -0.760. The molecule has 0 aliphatic rings. The molecule has 10 aromatic carbocycles. The third-order valence-electron chi connectivity index (χ3n) is 9.81. The van der Waals surface area contributed by atoms with Crippen LogP contribution >= 0.6 is 0 Å². The molecule has 0 aliphatic heterocycles. The van der Waals surface area contributed by atoms with Gasteiger partial charge in [0.05, 0.1) is 20.6 Å². The molecular formula is C50H30O. The molecule has 1 heterocycles. The molecule has 0 amide bonds. The van der Waals surface area contributed by atoms with E-state index < -0.39 is 107 Å². The van der Waals surface area contributed by atoms with Gasteiger partial charge in [-0.25, -0.2) is 0 Å². The SMILES string of the molecule is [2H]c1c([2H])c([2H])c2c(-c3c4c([2H])c([2H])c([2H])c([2H])c4c(-c4cccc5c(-c6cccc7oc8ccc9ccccc9c8c67)cccc45)c4c([2H])c([2H])c([2H])c([2H])c34)c([2H])c([2H])c([2H])c2c1[2H]. The molecule has 11 rings (SSSR count). The lowest BCUT2D eigenvalue weighted by atomic mass is 9.83. The monoisotopic (exact) mass is 661 g/mol. The molecule has 11 aromatic rings. The van der Waals surface area contributed by atoms with E-state index in [0.717, 1.165) is 32.7 Å². The Morgan fingerprint density at radius 3 is 1.63 bits per heavy atom. The third kappa shape index (κ3) is 4.09. The van der Waals surface area contributed by atoms with Crippen LogP contribution in [0.2, 0.25) is 0 Å². The standard InChI is InChI=1S/C50H30O/c1-3-16-33-31(13-1)15-9-25-38(33)47-41-18-5-7-20-43(41)48(44-21-8-6-19-42(44)47)39-26-11-22-35-36(39)23-10-24-37(35)40-27-12-28-45-50(40)49-34-17-4-2-14-32(34)29-30-46(49)51-45/h1-30H/i1D,3D,5D,6D,7D,8D,9D,13D,15D,16D,18D,19D,20D,21D,25D.